The zero-order valence-electron chi connectivity index (χ0n) is 13.7. The number of hydrogen-bond donors (Lipinski definition) is 1. The van der Waals surface area contributed by atoms with Crippen LogP contribution in [0.15, 0.2) is 18.2 Å². The highest BCUT2D eigenvalue weighted by molar-refractivity contribution is 5.32. The van der Waals surface area contributed by atoms with Gasteiger partial charge in [-0.25, -0.2) is 0 Å². The van der Waals surface area contributed by atoms with Crippen molar-refractivity contribution in [3.8, 4) is 0 Å². The molecule has 1 aliphatic heterocycles. The first-order valence-corrected chi connectivity index (χ1v) is 7.94. The van der Waals surface area contributed by atoms with Gasteiger partial charge in [0.25, 0.3) is 0 Å². The highest BCUT2D eigenvalue weighted by atomic mass is 15.1. The smallest absolute Gasteiger partial charge is 0.0201 e. The maximum atomic E-state index is 3.74. The van der Waals surface area contributed by atoms with E-state index in [9.17, 15) is 0 Å². The van der Waals surface area contributed by atoms with Gasteiger partial charge in [-0.15, -0.1) is 0 Å². The molecule has 1 aromatic carbocycles. The van der Waals surface area contributed by atoms with Crippen LogP contribution in [0.2, 0.25) is 0 Å². The number of aryl methyl sites for hydroxylation is 2. The Morgan fingerprint density at radius 1 is 1.20 bits per heavy atom. The predicted octanol–water partition coefficient (Wildman–Crippen LogP) is 3.34. The molecule has 2 unspecified atom stereocenters. The Bertz CT molecular complexity index is 439. The van der Waals surface area contributed by atoms with Crippen molar-refractivity contribution >= 4 is 0 Å². The zero-order valence-corrected chi connectivity index (χ0v) is 13.7. The van der Waals surface area contributed by atoms with Gasteiger partial charge in [-0.2, -0.15) is 0 Å². The minimum atomic E-state index is 0.628. The molecule has 1 aromatic rings. The average Bonchev–Trinajstić information content (AvgIpc) is 2.39. The van der Waals surface area contributed by atoms with Crippen LogP contribution in [0.25, 0.3) is 0 Å². The minimum Gasteiger partial charge on any atom is -0.312 e. The monoisotopic (exact) mass is 274 g/mol. The Hall–Kier alpha value is -0.860. The van der Waals surface area contributed by atoms with Crippen LogP contribution in [0.1, 0.15) is 42.9 Å². The van der Waals surface area contributed by atoms with Crippen LogP contribution < -0.4 is 5.32 Å². The third-order valence-electron chi connectivity index (χ3n) is 4.45. The molecule has 1 heterocycles. The van der Waals surface area contributed by atoms with Gasteiger partial charge in [0, 0.05) is 19.1 Å². The molecule has 0 saturated carbocycles. The van der Waals surface area contributed by atoms with Crippen molar-refractivity contribution in [1.29, 1.82) is 0 Å². The Labute approximate surface area is 124 Å². The largest absolute Gasteiger partial charge is 0.312 e. The second-order valence-corrected chi connectivity index (χ2v) is 7.00. The third kappa shape index (κ3) is 4.07. The van der Waals surface area contributed by atoms with Crippen molar-refractivity contribution < 1.29 is 0 Å². The molecule has 20 heavy (non-hydrogen) atoms. The van der Waals surface area contributed by atoms with Crippen molar-refractivity contribution in [3.63, 3.8) is 0 Å². The SMILES string of the molecule is Cc1ccc(C2CC(NCC(C)C)CN(C)C2)cc1C. The van der Waals surface area contributed by atoms with Crippen LogP contribution in [0.4, 0.5) is 0 Å². The molecule has 2 heteroatoms. The minimum absolute atomic E-state index is 0.628. The second kappa shape index (κ2) is 6.73. The van der Waals surface area contributed by atoms with Gasteiger partial charge in [0.05, 0.1) is 0 Å². The van der Waals surface area contributed by atoms with Crippen LogP contribution >= 0.6 is 0 Å². The van der Waals surface area contributed by atoms with Gasteiger partial charge in [0.2, 0.25) is 0 Å². The Kier molecular flexibility index (Phi) is 5.22. The number of likely N-dealkylation sites (tertiary alicyclic amines) is 1. The van der Waals surface area contributed by atoms with Crippen LogP contribution in [0, 0.1) is 19.8 Å². The van der Waals surface area contributed by atoms with Crippen molar-refractivity contribution in [2.75, 3.05) is 26.7 Å². The van der Waals surface area contributed by atoms with E-state index in [-0.39, 0.29) is 0 Å². The molecule has 2 atom stereocenters. The van der Waals surface area contributed by atoms with E-state index in [4.69, 9.17) is 0 Å². The highest BCUT2D eigenvalue weighted by Crippen LogP contribution is 2.27. The Balaban J connectivity index is 2.05. The molecule has 0 bridgehead atoms. The first-order chi connectivity index (χ1) is 9.45. The lowest BCUT2D eigenvalue weighted by Gasteiger charge is -2.37. The highest BCUT2D eigenvalue weighted by Gasteiger charge is 2.26. The number of rotatable bonds is 4. The lowest BCUT2D eigenvalue weighted by atomic mass is 9.87. The maximum absolute atomic E-state index is 3.74. The van der Waals surface area contributed by atoms with Gasteiger partial charge in [-0.3, -0.25) is 0 Å². The summed E-state index contributed by atoms with van der Waals surface area (Å²) in [5.41, 5.74) is 4.32. The molecule has 0 radical (unpaired) electrons. The van der Waals surface area contributed by atoms with E-state index in [1.807, 2.05) is 0 Å². The summed E-state index contributed by atoms with van der Waals surface area (Å²) in [5.74, 6) is 1.39. The lowest BCUT2D eigenvalue weighted by Crippen LogP contribution is -2.47. The lowest BCUT2D eigenvalue weighted by molar-refractivity contribution is 0.202. The predicted molar refractivity (Wildman–Crippen MR) is 87.4 cm³/mol. The number of hydrogen-bond acceptors (Lipinski definition) is 2. The van der Waals surface area contributed by atoms with E-state index in [0.29, 0.717) is 12.0 Å². The summed E-state index contributed by atoms with van der Waals surface area (Å²) >= 11 is 0. The number of likely N-dealkylation sites (N-methyl/N-ethyl adjacent to an activating group) is 1. The quantitative estimate of drug-likeness (QED) is 0.906. The van der Waals surface area contributed by atoms with Gasteiger partial charge >= 0.3 is 0 Å². The van der Waals surface area contributed by atoms with Gasteiger partial charge in [0.1, 0.15) is 0 Å². The molecule has 1 N–H and O–H groups in total. The van der Waals surface area contributed by atoms with Gasteiger partial charge in [-0.1, -0.05) is 32.0 Å². The number of benzene rings is 1. The molecular formula is C18H30N2. The van der Waals surface area contributed by atoms with Crippen molar-refractivity contribution in [2.45, 2.75) is 46.1 Å². The van der Waals surface area contributed by atoms with Crippen LogP contribution in [-0.2, 0) is 0 Å². The summed E-state index contributed by atoms with van der Waals surface area (Å²) in [4.78, 5) is 2.47. The fourth-order valence-corrected chi connectivity index (χ4v) is 3.13. The van der Waals surface area contributed by atoms with Gasteiger partial charge in [-0.05, 0) is 62.4 Å². The molecule has 1 saturated heterocycles. The molecule has 2 nitrogen and oxygen atoms in total. The standard InChI is InChI=1S/C18H30N2/c1-13(2)10-19-18-9-17(11-20(5)12-18)16-7-6-14(3)15(4)8-16/h6-8,13,17-19H,9-12H2,1-5H3. The van der Waals surface area contributed by atoms with Crippen molar-refractivity contribution in [2.24, 2.45) is 5.92 Å². The molecule has 1 fully saturated rings. The van der Waals surface area contributed by atoms with E-state index in [0.717, 1.165) is 12.5 Å². The first-order valence-electron chi connectivity index (χ1n) is 7.94. The average molecular weight is 274 g/mol. The topological polar surface area (TPSA) is 15.3 Å². The zero-order chi connectivity index (χ0) is 14.7. The third-order valence-corrected chi connectivity index (χ3v) is 4.45. The van der Waals surface area contributed by atoms with Crippen molar-refractivity contribution in [3.05, 3.63) is 34.9 Å². The van der Waals surface area contributed by atoms with Crippen LogP contribution in [-0.4, -0.2) is 37.6 Å². The molecule has 0 amide bonds. The summed E-state index contributed by atoms with van der Waals surface area (Å²) in [6.07, 6.45) is 1.26. The van der Waals surface area contributed by atoms with E-state index in [1.54, 1.807) is 0 Å². The summed E-state index contributed by atoms with van der Waals surface area (Å²) in [6, 6.07) is 7.61. The fourth-order valence-electron chi connectivity index (χ4n) is 3.13. The normalized spacial score (nSPS) is 24.3. The maximum Gasteiger partial charge on any atom is 0.0201 e. The molecule has 112 valence electrons. The number of piperidine rings is 1. The fraction of sp³-hybridized carbons (Fsp3) is 0.667. The second-order valence-electron chi connectivity index (χ2n) is 7.00. The van der Waals surface area contributed by atoms with Crippen LogP contribution in [0.3, 0.4) is 0 Å². The Morgan fingerprint density at radius 3 is 2.60 bits per heavy atom. The summed E-state index contributed by atoms with van der Waals surface area (Å²) < 4.78 is 0. The molecule has 0 aromatic heterocycles. The van der Waals surface area contributed by atoms with Gasteiger partial charge < -0.3 is 10.2 Å². The van der Waals surface area contributed by atoms with E-state index < -0.39 is 0 Å². The number of nitrogens with zero attached hydrogens (tertiary/aromatic N) is 1. The summed E-state index contributed by atoms with van der Waals surface area (Å²) in [6.45, 7) is 12.5. The molecule has 2 rings (SSSR count). The molecule has 0 spiro atoms. The molecular weight excluding hydrogens is 244 g/mol. The van der Waals surface area contributed by atoms with Gasteiger partial charge in [0.15, 0.2) is 0 Å². The van der Waals surface area contributed by atoms with E-state index in [1.165, 1.54) is 36.2 Å². The summed E-state index contributed by atoms with van der Waals surface area (Å²) in [7, 11) is 2.25. The van der Waals surface area contributed by atoms with E-state index in [2.05, 4.69) is 63.2 Å². The van der Waals surface area contributed by atoms with Crippen molar-refractivity contribution in [1.82, 2.24) is 10.2 Å². The van der Waals surface area contributed by atoms with Crippen LogP contribution in [0.5, 0.6) is 0 Å². The number of nitrogens with one attached hydrogen (secondary N) is 1. The van der Waals surface area contributed by atoms with E-state index >= 15 is 0 Å². The Morgan fingerprint density at radius 2 is 1.95 bits per heavy atom. The summed E-state index contributed by atoms with van der Waals surface area (Å²) in [5, 5.41) is 3.74. The molecule has 0 aliphatic carbocycles. The molecule has 1 aliphatic rings. The first kappa shape index (κ1) is 15.5.